The van der Waals surface area contributed by atoms with Crippen LogP contribution >= 0.6 is 23.4 Å². The van der Waals surface area contributed by atoms with Crippen molar-refractivity contribution in [1.29, 1.82) is 0 Å². The maximum atomic E-state index is 14.9. The van der Waals surface area contributed by atoms with Crippen LogP contribution in [0.2, 0.25) is 0 Å². The van der Waals surface area contributed by atoms with Gasteiger partial charge in [-0.2, -0.15) is 0 Å². The minimum absolute atomic E-state index is 0.0421. The van der Waals surface area contributed by atoms with Crippen LogP contribution in [-0.2, 0) is 11.0 Å². The Bertz CT molecular complexity index is 1420. The van der Waals surface area contributed by atoms with Gasteiger partial charge in [-0.15, -0.1) is 0 Å². The zero-order valence-electron chi connectivity index (χ0n) is 18.6. The van der Waals surface area contributed by atoms with Gasteiger partial charge in [-0.1, -0.05) is 36.5 Å². The molecule has 0 radical (unpaired) electrons. The highest BCUT2D eigenvalue weighted by atomic mass is 35.5. The molecule has 2 heterocycles. The number of carbonyl (C=O) groups excluding carboxylic acids is 1. The fourth-order valence-corrected chi connectivity index (χ4v) is 5.56. The summed E-state index contributed by atoms with van der Waals surface area (Å²) in [6.45, 7) is 8.99. The Balaban J connectivity index is 1.51. The van der Waals surface area contributed by atoms with Crippen molar-refractivity contribution < 1.29 is 13.4 Å². The van der Waals surface area contributed by atoms with E-state index in [0.29, 0.717) is 5.39 Å². The first-order valence-electron chi connectivity index (χ1n) is 10.6. The van der Waals surface area contributed by atoms with E-state index in [2.05, 4.69) is 28.1 Å². The average molecular weight is 533 g/mol. The number of rotatable bonds is 7. The van der Waals surface area contributed by atoms with Crippen LogP contribution in [0.15, 0.2) is 75.2 Å². The largest absolute Gasteiger partial charge is 0.372 e. The number of benzene rings is 2. The van der Waals surface area contributed by atoms with Gasteiger partial charge in [0.1, 0.15) is 5.82 Å². The Morgan fingerprint density at radius 3 is 2.54 bits per heavy atom. The van der Waals surface area contributed by atoms with E-state index >= 15 is 0 Å². The minimum atomic E-state index is -1.93. The van der Waals surface area contributed by atoms with Crippen LogP contribution < -0.4 is 20.5 Å². The number of pyridine rings is 1. The average Bonchev–Trinajstić information content (AvgIpc) is 3.34. The van der Waals surface area contributed by atoms with Gasteiger partial charge < -0.3 is 10.2 Å². The molecule has 182 valence electrons. The lowest BCUT2D eigenvalue weighted by atomic mass is 10.1. The lowest BCUT2D eigenvalue weighted by molar-refractivity contribution is 0.257. The van der Waals surface area contributed by atoms with Gasteiger partial charge in [-0.05, 0) is 60.7 Å². The molecule has 1 aromatic heterocycles. The van der Waals surface area contributed by atoms with Crippen molar-refractivity contribution in [3.8, 4) is 5.69 Å². The molecule has 1 saturated heterocycles. The second kappa shape index (κ2) is 10.7. The maximum absolute atomic E-state index is 14.9. The van der Waals surface area contributed by atoms with Crippen LogP contribution in [0.1, 0.15) is 12.8 Å². The van der Waals surface area contributed by atoms with Crippen LogP contribution in [-0.4, -0.2) is 27.9 Å². The van der Waals surface area contributed by atoms with Gasteiger partial charge in [-0.3, -0.25) is 14.1 Å². The molecule has 2 aromatic carbocycles. The molecule has 11 heteroatoms. The molecule has 1 fully saturated rings. The summed E-state index contributed by atoms with van der Waals surface area (Å²) < 4.78 is 30.6. The number of halogens is 2. The fraction of sp³-hybridized carbons (Fsp3) is 0.167. The number of aromatic nitrogens is 1. The molecule has 1 atom stereocenters. The normalized spacial score (nSPS) is 14.1. The summed E-state index contributed by atoms with van der Waals surface area (Å²) in [6, 6.07) is 10.5. The lowest BCUT2D eigenvalue weighted by Gasteiger charge is -2.18. The first-order chi connectivity index (χ1) is 16.7. The number of thioether (sulfide) groups is 1. The molecule has 1 aliphatic rings. The molecule has 1 unspecified atom stereocenters. The van der Waals surface area contributed by atoms with Gasteiger partial charge in [-0.25, -0.2) is 13.4 Å². The lowest BCUT2D eigenvalue weighted by Crippen LogP contribution is -2.30. The molecule has 2 N–H and O–H groups in total. The number of carbonyl (C=O) groups is 1. The Morgan fingerprint density at radius 1 is 1.11 bits per heavy atom. The van der Waals surface area contributed by atoms with Gasteiger partial charge >= 0.3 is 6.03 Å². The first-order valence-corrected chi connectivity index (χ1v) is 13.0. The zero-order chi connectivity index (χ0) is 25.1. The van der Waals surface area contributed by atoms with Crippen LogP contribution in [0.5, 0.6) is 0 Å². The summed E-state index contributed by atoms with van der Waals surface area (Å²) >= 11 is 6.48. The number of anilines is 2. The number of hydrogen-bond acceptors (Lipinski definition) is 5. The summed E-state index contributed by atoms with van der Waals surface area (Å²) in [5.41, 5.74) is 0.883. The molecule has 4 rings (SSSR count). The van der Waals surface area contributed by atoms with E-state index in [1.807, 2.05) is 12.1 Å². The van der Waals surface area contributed by atoms with Gasteiger partial charge in [0.05, 0.1) is 14.3 Å². The molecule has 0 saturated carbocycles. The van der Waals surface area contributed by atoms with Crippen molar-refractivity contribution in [2.75, 3.05) is 23.3 Å². The summed E-state index contributed by atoms with van der Waals surface area (Å²) in [7, 11) is -1.93. The quantitative estimate of drug-likeness (QED) is 0.424. The van der Waals surface area contributed by atoms with Crippen molar-refractivity contribution in [3.05, 3.63) is 86.6 Å². The predicted octanol–water partition coefficient (Wildman–Crippen LogP) is 5.43. The maximum Gasteiger partial charge on any atom is 0.331 e. The van der Waals surface area contributed by atoms with Crippen molar-refractivity contribution >= 4 is 62.5 Å². The number of nitrogens with one attached hydrogen (secondary N) is 2. The van der Waals surface area contributed by atoms with E-state index in [0.717, 1.165) is 54.8 Å². The number of nitrogens with zero attached hydrogens (tertiary/aromatic N) is 2. The number of fused-ring (bicyclic) bond motifs is 1. The van der Waals surface area contributed by atoms with Gasteiger partial charge in [0.2, 0.25) is 0 Å². The van der Waals surface area contributed by atoms with Crippen LogP contribution in [0.4, 0.5) is 20.6 Å². The van der Waals surface area contributed by atoms with Crippen LogP contribution in [0.25, 0.3) is 16.5 Å². The highest BCUT2D eigenvalue weighted by Crippen LogP contribution is 2.27. The Labute approximate surface area is 213 Å². The van der Waals surface area contributed by atoms with Crippen molar-refractivity contribution in [1.82, 2.24) is 9.29 Å². The molecular formula is C24H22ClFN4O3S2. The SMILES string of the molecule is C=C(Cl)SC(=C)S(=O)NC(=O)Nc1ccc(-n2ccc3cc(N4CCCC4)ccc3c2=O)c(F)c1. The minimum Gasteiger partial charge on any atom is -0.372 e. The second-order valence-corrected chi connectivity index (χ2v) is 11.1. The molecule has 35 heavy (non-hydrogen) atoms. The standard InChI is InChI=1S/C24H22ClFN4O3S2/c1-15(25)34-16(2)35(33)28-24(32)27-18-5-8-22(21(26)14-18)30-12-9-17-13-19(29-10-3-4-11-29)6-7-20(17)23(30)31/h5-9,12-14H,1-4,10-11H2,(H2,27,28,32). The van der Waals surface area contributed by atoms with Crippen molar-refractivity contribution in [2.45, 2.75) is 12.8 Å². The Hall–Kier alpha value is -3.08. The van der Waals surface area contributed by atoms with Gasteiger partial charge in [0, 0.05) is 36.0 Å². The smallest absolute Gasteiger partial charge is 0.331 e. The third-order valence-corrected chi connectivity index (χ3v) is 7.61. The third kappa shape index (κ3) is 5.77. The van der Waals surface area contributed by atoms with E-state index in [9.17, 15) is 18.2 Å². The molecular weight excluding hydrogens is 511 g/mol. The van der Waals surface area contributed by atoms with Crippen molar-refractivity contribution in [2.24, 2.45) is 0 Å². The number of hydrogen-bond donors (Lipinski definition) is 2. The number of urea groups is 1. The Morgan fingerprint density at radius 2 is 1.86 bits per heavy atom. The van der Waals surface area contributed by atoms with Gasteiger partial charge in [0.25, 0.3) is 5.56 Å². The van der Waals surface area contributed by atoms with Crippen LogP contribution in [0, 0.1) is 5.82 Å². The molecule has 0 spiro atoms. The van der Waals surface area contributed by atoms with Crippen LogP contribution in [0.3, 0.4) is 0 Å². The molecule has 3 aromatic rings. The topological polar surface area (TPSA) is 83.4 Å². The summed E-state index contributed by atoms with van der Waals surface area (Å²) in [4.78, 5) is 27.5. The van der Waals surface area contributed by atoms with E-state index in [4.69, 9.17) is 11.6 Å². The molecule has 2 amide bonds. The second-order valence-electron chi connectivity index (χ2n) is 7.78. The number of amides is 2. The van der Waals surface area contributed by atoms with E-state index in [-0.39, 0.29) is 25.5 Å². The Kier molecular flexibility index (Phi) is 7.63. The molecule has 0 aliphatic carbocycles. The van der Waals surface area contributed by atoms with E-state index < -0.39 is 22.8 Å². The van der Waals surface area contributed by atoms with Crippen molar-refractivity contribution in [3.63, 3.8) is 0 Å². The molecule has 1 aliphatic heterocycles. The summed E-state index contributed by atoms with van der Waals surface area (Å²) in [5, 5.41) is 3.67. The van der Waals surface area contributed by atoms with E-state index in [1.165, 1.54) is 22.9 Å². The van der Waals surface area contributed by atoms with Gasteiger partial charge in [0.15, 0.2) is 11.0 Å². The highest BCUT2D eigenvalue weighted by molar-refractivity contribution is 8.19. The summed E-state index contributed by atoms with van der Waals surface area (Å²) in [6.07, 6.45) is 3.84. The zero-order valence-corrected chi connectivity index (χ0v) is 20.9. The highest BCUT2D eigenvalue weighted by Gasteiger charge is 2.16. The third-order valence-electron chi connectivity index (χ3n) is 5.44. The van der Waals surface area contributed by atoms with E-state index in [1.54, 1.807) is 12.1 Å². The predicted molar refractivity (Wildman–Crippen MR) is 143 cm³/mol. The molecule has 0 bridgehead atoms. The monoisotopic (exact) mass is 532 g/mol. The molecule has 7 nitrogen and oxygen atoms in total. The fourth-order valence-electron chi connectivity index (χ4n) is 3.84. The first kappa shape index (κ1) is 25.0. The summed E-state index contributed by atoms with van der Waals surface area (Å²) in [5.74, 6) is -0.711.